The highest BCUT2D eigenvalue weighted by molar-refractivity contribution is 5.95. The molecular weight excluding hydrogens is 375 g/mol. The van der Waals surface area contributed by atoms with Gasteiger partial charge in [0.05, 0.1) is 11.2 Å². The van der Waals surface area contributed by atoms with E-state index in [9.17, 15) is 4.39 Å². The summed E-state index contributed by atoms with van der Waals surface area (Å²) in [7, 11) is 0. The predicted octanol–water partition coefficient (Wildman–Crippen LogP) is 6.21. The summed E-state index contributed by atoms with van der Waals surface area (Å²) >= 11 is 0. The topological polar surface area (TPSA) is 57.4 Å². The standard InChI is InChI=1S/C25H19FN4/c1-2-21(18-4-3-5-20(26)12-18)19-14-24(28-15-19)25-22-13-17(6-7-23(22)29-30-25)16-8-10-27-11-9-16/h2-15,28H,1H3,(H,29,30)/b21-2-. The molecule has 0 amide bonds. The fraction of sp³-hybridized carbons (Fsp3) is 0.0400. The van der Waals surface area contributed by atoms with Crippen LogP contribution >= 0.6 is 0 Å². The highest BCUT2D eigenvalue weighted by Crippen LogP contribution is 2.32. The number of nitrogens with zero attached hydrogens (tertiary/aromatic N) is 2. The molecule has 0 saturated heterocycles. The van der Waals surface area contributed by atoms with Crippen molar-refractivity contribution in [2.75, 3.05) is 0 Å². The predicted molar refractivity (Wildman–Crippen MR) is 118 cm³/mol. The van der Waals surface area contributed by atoms with E-state index in [1.54, 1.807) is 24.5 Å². The van der Waals surface area contributed by atoms with E-state index in [0.717, 1.165) is 50.1 Å². The molecule has 0 bridgehead atoms. The minimum Gasteiger partial charge on any atom is -0.359 e. The van der Waals surface area contributed by atoms with Crippen LogP contribution in [0.2, 0.25) is 0 Å². The monoisotopic (exact) mass is 394 g/mol. The fourth-order valence-electron chi connectivity index (χ4n) is 3.79. The Bertz CT molecular complexity index is 1360. The average Bonchev–Trinajstić information content (AvgIpc) is 3.42. The van der Waals surface area contributed by atoms with Gasteiger partial charge >= 0.3 is 0 Å². The van der Waals surface area contributed by atoms with Gasteiger partial charge in [-0.3, -0.25) is 10.1 Å². The number of aromatic amines is 2. The lowest BCUT2D eigenvalue weighted by Gasteiger charge is -2.05. The lowest BCUT2D eigenvalue weighted by molar-refractivity contribution is 0.627. The number of fused-ring (bicyclic) bond motifs is 1. The van der Waals surface area contributed by atoms with Gasteiger partial charge in [0, 0.05) is 29.5 Å². The SMILES string of the molecule is C/C=C(/c1cccc(F)c1)c1c[nH]c(-c2n[nH]c3ccc(-c4ccncc4)cc23)c1. The third-order valence-corrected chi connectivity index (χ3v) is 5.25. The molecule has 0 radical (unpaired) electrons. The van der Waals surface area contributed by atoms with Gasteiger partial charge in [0.1, 0.15) is 11.5 Å². The van der Waals surface area contributed by atoms with E-state index in [0.29, 0.717) is 0 Å². The second kappa shape index (κ2) is 7.44. The molecule has 5 aromatic rings. The first-order valence-corrected chi connectivity index (χ1v) is 9.73. The van der Waals surface area contributed by atoms with Crippen molar-refractivity contribution in [3.8, 4) is 22.5 Å². The molecule has 0 atom stereocenters. The number of aromatic nitrogens is 4. The van der Waals surface area contributed by atoms with Crippen molar-refractivity contribution in [3.05, 3.63) is 102 Å². The van der Waals surface area contributed by atoms with Crippen LogP contribution in [-0.4, -0.2) is 20.2 Å². The van der Waals surface area contributed by atoms with E-state index in [2.05, 4.69) is 38.4 Å². The van der Waals surface area contributed by atoms with E-state index in [4.69, 9.17) is 0 Å². The molecule has 0 aliphatic heterocycles. The number of halogens is 1. The molecule has 5 rings (SSSR count). The van der Waals surface area contributed by atoms with Crippen molar-refractivity contribution in [2.45, 2.75) is 6.92 Å². The molecular formula is C25H19FN4. The minimum atomic E-state index is -0.246. The number of benzene rings is 2. The molecule has 0 fully saturated rings. The molecule has 3 aromatic heterocycles. The zero-order valence-electron chi connectivity index (χ0n) is 16.4. The molecule has 0 saturated carbocycles. The number of hydrogen-bond donors (Lipinski definition) is 2. The number of H-pyrrole nitrogens is 2. The third kappa shape index (κ3) is 3.20. The van der Waals surface area contributed by atoms with Crippen LogP contribution in [-0.2, 0) is 0 Å². The Morgan fingerprint density at radius 1 is 0.933 bits per heavy atom. The average molecular weight is 394 g/mol. The summed E-state index contributed by atoms with van der Waals surface area (Å²) in [5.41, 5.74) is 7.72. The first-order valence-electron chi connectivity index (χ1n) is 9.73. The number of rotatable bonds is 4. The number of nitrogens with one attached hydrogen (secondary N) is 2. The Morgan fingerprint density at radius 3 is 2.60 bits per heavy atom. The summed E-state index contributed by atoms with van der Waals surface area (Å²) in [6.07, 6.45) is 7.50. The van der Waals surface area contributed by atoms with Gasteiger partial charge in [-0.25, -0.2) is 4.39 Å². The van der Waals surface area contributed by atoms with Gasteiger partial charge in [0.15, 0.2) is 0 Å². The maximum absolute atomic E-state index is 13.7. The molecule has 3 heterocycles. The minimum absolute atomic E-state index is 0.246. The molecule has 5 heteroatoms. The summed E-state index contributed by atoms with van der Waals surface area (Å²) in [6.45, 7) is 1.96. The molecule has 30 heavy (non-hydrogen) atoms. The normalized spacial score (nSPS) is 11.9. The van der Waals surface area contributed by atoms with Crippen molar-refractivity contribution in [1.82, 2.24) is 20.2 Å². The molecule has 4 nitrogen and oxygen atoms in total. The van der Waals surface area contributed by atoms with Gasteiger partial charge in [-0.15, -0.1) is 0 Å². The first kappa shape index (κ1) is 18.1. The van der Waals surface area contributed by atoms with E-state index in [1.165, 1.54) is 6.07 Å². The van der Waals surface area contributed by atoms with E-state index >= 15 is 0 Å². The Hall–Kier alpha value is -3.99. The van der Waals surface area contributed by atoms with Crippen LogP contribution in [0.1, 0.15) is 18.1 Å². The molecule has 2 N–H and O–H groups in total. The van der Waals surface area contributed by atoms with Crippen LogP contribution in [0.5, 0.6) is 0 Å². The lowest BCUT2D eigenvalue weighted by Crippen LogP contribution is -1.86. The zero-order valence-corrected chi connectivity index (χ0v) is 16.4. The smallest absolute Gasteiger partial charge is 0.123 e. The lowest BCUT2D eigenvalue weighted by atomic mass is 9.99. The summed E-state index contributed by atoms with van der Waals surface area (Å²) in [6, 6.07) is 18.9. The molecule has 0 spiro atoms. The quantitative estimate of drug-likeness (QED) is 0.381. The van der Waals surface area contributed by atoms with E-state index < -0.39 is 0 Å². The van der Waals surface area contributed by atoms with Crippen molar-refractivity contribution < 1.29 is 4.39 Å². The zero-order chi connectivity index (χ0) is 20.5. The maximum atomic E-state index is 13.7. The number of hydrogen-bond acceptors (Lipinski definition) is 2. The second-order valence-corrected chi connectivity index (χ2v) is 7.08. The van der Waals surface area contributed by atoms with Gasteiger partial charge in [-0.05, 0) is 71.7 Å². The second-order valence-electron chi connectivity index (χ2n) is 7.08. The van der Waals surface area contributed by atoms with Gasteiger partial charge in [-0.1, -0.05) is 24.3 Å². The Balaban J connectivity index is 1.56. The highest BCUT2D eigenvalue weighted by Gasteiger charge is 2.14. The number of pyridine rings is 1. The molecule has 0 aliphatic rings. The summed E-state index contributed by atoms with van der Waals surface area (Å²) in [5, 5.41) is 8.68. The van der Waals surface area contributed by atoms with Crippen molar-refractivity contribution in [1.29, 1.82) is 0 Å². The van der Waals surface area contributed by atoms with Gasteiger partial charge in [0.25, 0.3) is 0 Å². The largest absolute Gasteiger partial charge is 0.359 e. The summed E-state index contributed by atoms with van der Waals surface area (Å²) in [4.78, 5) is 7.43. The molecule has 0 unspecified atom stereocenters. The van der Waals surface area contributed by atoms with Crippen LogP contribution in [0.4, 0.5) is 4.39 Å². The Labute approximate surface area is 173 Å². The Kier molecular flexibility index (Phi) is 4.48. The van der Waals surface area contributed by atoms with Gasteiger partial charge < -0.3 is 4.98 Å². The fourth-order valence-corrected chi connectivity index (χ4v) is 3.79. The number of allylic oxidation sites excluding steroid dienone is 1. The Morgan fingerprint density at radius 2 is 1.80 bits per heavy atom. The van der Waals surface area contributed by atoms with Crippen molar-refractivity contribution >= 4 is 16.5 Å². The molecule has 146 valence electrons. The molecule has 0 aliphatic carbocycles. The maximum Gasteiger partial charge on any atom is 0.123 e. The van der Waals surface area contributed by atoms with Crippen molar-refractivity contribution in [3.63, 3.8) is 0 Å². The third-order valence-electron chi connectivity index (χ3n) is 5.25. The van der Waals surface area contributed by atoms with E-state index in [1.807, 2.05) is 43.5 Å². The van der Waals surface area contributed by atoms with Crippen molar-refractivity contribution in [2.24, 2.45) is 0 Å². The van der Waals surface area contributed by atoms with Crippen LogP contribution in [0.15, 0.2) is 85.3 Å². The molecule has 2 aromatic carbocycles. The van der Waals surface area contributed by atoms with Crippen LogP contribution in [0.3, 0.4) is 0 Å². The summed E-state index contributed by atoms with van der Waals surface area (Å²) in [5.74, 6) is -0.246. The highest BCUT2D eigenvalue weighted by atomic mass is 19.1. The van der Waals surface area contributed by atoms with Crippen LogP contribution in [0.25, 0.3) is 39.0 Å². The van der Waals surface area contributed by atoms with Gasteiger partial charge in [-0.2, -0.15) is 5.10 Å². The van der Waals surface area contributed by atoms with Gasteiger partial charge in [0.2, 0.25) is 0 Å². The summed E-state index contributed by atoms with van der Waals surface area (Å²) < 4.78 is 13.7. The first-order chi connectivity index (χ1) is 14.7. The van der Waals surface area contributed by atoms with Crippen LogP contribution < -0.4 is 0 Å². The van der Waals surface area contributed by atoms with E-state index in [-0.39, 0.29) is 5.82 Å². The van der Waals surface area contributed by atoms with Crippen LogP contribution in [0, 0.1) is 5.82 Å².